The highest BCUT2D eigenvalue weighted by atomic mass is 79.9. The summed E-state index contributed by atoms with van der Waals surface area (Å²) >= 11 is 3.08. The SMILES string of the molecule is Cc1cc(NC(=O)c2ccc(Br)o2)c(C(=O)O)[nH]1. The Labute approximate surface area is 110 Å². The standard InChI is InChI=1S/C11H9BrN2O4/c1-5-4-6(9(13-5)11(16)17)14-10(15)7-2-3-8(12)18-7/h2-4,13H,1H3,(H,14,15)(H,16,17). The number of aromatic carboxylic acids is 1. The summed E-state index contributed by atoms with van der Waals surface area (Å²) in [5.41, 5.74) is 0.785. The summed E-state index contributed by atoms with van der Waals surface area (Å²) in [6, 6.07) is 4.61. The van der Waals surface area contributed by atoms with Gasteiger partial charge in [-0.3, -0.25) is 4.79 Å². The summed E-state index contributed by atoms with van der Waals surface area (Å²) in [6.45, 7) is 1.70. The van der Waals surface area contributed by atoms with Crippen LogP contribution in [0.3, 0.4) is 0 Å². The number of anilines is 1. The van der Waals surface area contributed by atoms with E-state index in [4.69, 9.17) is 9.52 Å². The number of furan rings is 1. The fraction of sp³-hybridized carbons (Fsp3) is 0.0909. The second-order valence-electron chi connectivity index (χ2n) is 3.60. The lowest BCUT2D eigenvalue weighted by Gasteiger charge is -2.01. The molecule has 0 saturated carbocycles. The van der Waals surface area contributed by atoms with Crippen LogP contribution in [0.4, 0.5) is 5.69 Å². The van der Waals surface area contributed by atoms with E-state index in [2.05, 4.69) is 26.2 Å². The van der Waals surface area contributed by atoms with E-state index in [0.717, 1.165) is 0 Å². The molecule has 2 aromatic rings. The Balaban J connectivity index is 2.24. The zero-order valence-corrected chi connectivity index (χ0v) is 10.9. The predicted octanol–water partition coefficient (Wildman–Crippen LogP) is 2.63. The number of halogens is 1. The minimum Gasteiger partial charge on any atom is -0.477 e. The number of H-pyrrole nitrogens is 1. The maximum absolute atomic E-state index is 11.8. The number of rotatable bonds is 3. The van der Waals surface area contributed by atoms with Crippen molar-refractivity contribution < 1.29 is 19.1 Å². The molecule has 0 bridgehead atoms. The summed E-state index contributed by atoms with van der Waals surface area (Å²) in [6.07, 6.45) is 0. The number of hydrogen-bond donors (Lipinski definition) is 3. The summed E-state index contributed by atoms with van der Waals surface area (Å²) in [5, 5.41) is 11.4. The third-order valence-electron chi connectivity index (χ3n) is 2.21. The molecule has 0 aromatic carbocycles. The van der Waals surface area contributed by atoms with Crippen molar-refractivity contribution in [2.24, 2.45) is 0 Å². The van der Waals surface area contributed by atoms with E-state index >= 15 is 0 Å². The fourth-order valence-electron chi connectivity index (χ4n) is 1.48. The number of aromatic amines is 1. The van der Waals surface area contributed by atoms with Gasteiger partial charge in [0.05, 0.1) is 5.69 Å². The molecule has 0 aliphatic rings. The summed E-state index contributed by atoms with van der Waals surface area (Å²) in [5.74, 6) is -1.56. The lowest BCUT2D eigenvalue weighted by atomic mass is 10.3. The van der Waals surface area contributed by atoms with Crippen molar-refractivity contribution in [2.75, 3.05) is 5.32 Å². The molecule has 0 aliphatic heterocycles. The Kier molecular flexibility index (Phi) is 3.24. The van der Waals surface area contributed by atoms with Crippen LogP contribution in [-0.4, -0.2) is 22.0 Å². The van der Waals surface area contributed by atoms with E-state index in [1.54, 1.807) is 19.1 Å². The highest BCUT2D eigenvalue weighted by molar-refractivity contribution is 9.10. The minimum atomic E-state index is -1.14. The average molecular weight is 313 g/mol. The number of carbonyl (C=O) groups is 2. The zero-order chi connectivity index (χ0) is 13.3. The van der Waals surface area contributed by atoms with Gasteiger partial charge in [0, 0.05) is 5.69 Å². The third-order valence-corrected chi connectivity index (χ3v) is 2.64. The quantitative estimate of drug-likeness (QED) is 0.811. The van der Waals surface area contributed by atoms with E-state index < -0.39 is 11.9 Å². The van der Waals surface area contributed by atoms with Gasteiger partial charge in [-0.15, -0.1) is 0 Å². The van der Waals surface area contributed by atoms with Gasteiger partial charge < -0.3 is 19.8 Å². The van der Waals surface area contributed by atoms with Crippen molar-refractivity contribution >= 4 is 33.5 Å². The Morgan fingerprint density at radius 2 is 2.17 bits per heavy atom. The van der Waals surface area contributed by atoms with Crippen molar-refractivity contribution in [3.8, 4) is 0 Å². The Hall–Kier alpha value is -2.02. The number of carboxylic acids is 1. The van der Waals surface area contributed by atoms with Crippen LogP contribution in [-0.2, 0) is 0 Å². The Morgan fingerprint density at radius 3 is 2.72 bits per heavy atom. The van der Waals surface area contributed by atoms with Crippen LogP contribution in [0.15, 0.2) is 27.3 Å². The van der Waals surface area contributed by atoms with Crippen LogP contribution in [0.2, 0.25) is 0 Å². The van der Waals surface area contributed by atoms with Gasteiger partial charge in [0.1, 0.15) is 5.69 Å². The first kappa shape index (κ1) is 12.4. The first-order valence-corrected chi connectivity index (χ1v) is 5.76. The van der Waals surface area contributed by atoms with Gasteiger partial charge >= 0.3 is 5.97 Å². The van der Waals surface area contributed by atoms with Crippen LogP contribution < -0.4 is 5.32 Å². The van der Waals surface area contributed by atoms with E-state index in [1.165, 1.54) is 6.07 Å². The van der Waals surface area contributed by atoms with Crippen LogP contribution in [0.5, 0.6) is 0 Å². The minimum absolute atomic E-state index is 0.0635. The normalized spacial score (nSPS) is 10.3. The molecule has 6 nitrogen and oxygen atoms in total. The highest BCUT2D eigenvalue weighted by Crippen LogP contribution is 2.19. The van der Waals surface area contributed by atoms with Gasteiger partial charge in [0.2, 0.25) is 0 Å². The molecule has 2 heterocycles. The molecule has 0 aliphatic carbocycles. The molecule has 0 radical (unpaired) electrons. The topological polar surface area (TPSA) is 95.3 Å². The number of aromatic nitrogens is 1. The molecule has 1 amide bonds. The number of amides is 1. The van der Waals surface area contributed by atoms with Crippen molar-refractivity contribution in [3.63, 3.8) is 0 Å². The van der Waals surface area contributed by atoms with Crippen LogP contribution in [0.1, 0.15) is 26.7 Å². The first-order chi connectivity index (χ1) is 8.47. The molecule has 0 unspecified atom stereocenters. The molecule has 94 valence electrons. The van der Waals surface area contributed by atoms with Gasteiger partial charge in [-0.2, -0.15) is 0 Å². The summed E-state index contributed by atoms with van der Waals surface area (Å²) in [4.78, 5) is 25.4. The molecule has 2 aromatic heterocycles. The second-order valence-corrected chi connectivity index (χ2v) is 4.39. The van der Waals surface area contributed by atoms with Gasteiger partial charge in [0.25, 0.3) is 5.91 Å². The molecular formula is C11H9BrN2O4. The molecular weight excluding hydrogens is 304 g/mol. The number of aryl methyl sites for hydroxylation is 1. The smallest absolute Gasteiger partial charge is 0.354 e. The maximum atomic E-state index is 11.8. The van der Waals surface area contributed by atoms with Crippen LogP contribution in [0.25, 0.3) is 0 Å². The molecule has 7 heteroatoms. The van der Waals surface area contributed by atoms with Gasteiger partial charge in [0.15, 0.2) is 10.4 Å². The molecule has 18 heavy (non-hydrogen) atoms. The zero-order valence-electron chi connectivity index (χ0n) is 9.28. The third kappa shape index (κ3) is 2.45. The van der Waals surface area contributed by atoms with Crippen LogP contribution >= 0.6 is 15.9 Å². The largest absolute Gasteiger partial charge is 0.477 e. The van der Waals surface area contributed by atoms with Crippen molar-refractivity contribution in [3.05, 3.63) is 40.0 Å². The number of nitrogens with one attached hydrogen (secondary N) is 2. The van der Waals surface area contributed by atoms with Gasteiger partial charge in [-0.05, 0) is 41.1 Å². The summed E-state index contributed by atoms with van der Waals surface area (Å²) in [7, 11) is 0. The van der Waals surface area contributed by atoms with E-state index in [0.29, 0.717) is 10.4 Å². The number of carbonyl (C=O) groups excluding carboxylic acids is 1. The van der Waals surface area contributed by atoms with Crippen molar-refractivity contribution in [1.82, 2.24) is 4.98 Å². The number of hydrogen-bond acceptors (Lipinski definition) is 3. The number of carboxylic acid groups (broad SMARTS) is 1. The van der Waals surface area contributed by atoms with Crippen molar-refractivity contribution in [2.45, 2.75) is 6.92 Å². The molecule has 3 N–H and O–H groups in total. The van der Waals surface area contributed by atoms with Gasteiger partial charge in [-0.1, -0.05) is 0 Å². The van der Waals surface area contributed by atoms with E-state index in [-0.39, 0.29) is 17.1 Å². The summed E-state index contributed by atoms with van der Waals surface area (Å²) < 4.78 is 5.50. The highest BCUT2D eigenvalue weighted by Gasteiger charge is 2.17. The van der Waals surface area contributed by atoms with Crippen LogP contribution in [0, 0.1) is 6.92 Å². The van der Waals surface area contributed by atoms with Gasteiger partial charge in [-0.25, -0.2) is 4.79 Å². The lowest BCUT2D eigenvalue weighted by Crippen LogP contribution is -2.13. The molecule has 2 rings (SSSR count). The van der Waals surface area contributed by atoms with Crippen molar-refractivity contribution in [1.29, 1.82) is 0 Å². The van der Waals surface area contributed by atoms with E-state index in [1.807, 2.05) is 0 Å². The Bertz CT molecular complexity index is 614. The average Bonchev–Trinajstić information content (AvgIpc) is 2.85. The molecule has 0 spiro atoms. The molecule has 0 fully saturated rings. The Morgan fingerprint density at radius 1 is 1.44 bits per heavy atom. The monoisotopic (exact) mass is 312 g/mol. The second kappa shape index (κ2) is 4.69. The molecule has 0 atom stereocenters. The predicted molar refractivity (Wildman–Crippen MR) is 66.9 cm³/mol. The maximum Gasteiger partial charge on any atom is 0.354 e. The lowest BCUT2D eigenvalue weighted by molar-refractivity contribution is 0.0692. The molecule has 0 saturated heterocycles. The van der Waals surface area contributed by atoms with E-state index in [9.17, 15) is 9.59 Å². The fourth-order valence-corrected chi connectivity index (χ4v) is 1.78. The first-order valence-electron chi connectivity index (χ1n) is 4.97.